The quantitative estimate of drug-likeness (QED) is 0.832. The van der Waals surface area contributed by atoms with E-state index in [0.29, 0.717) is 5.41 Å². The zero-order valence-corrected chi connectivity index (χ0v) is 13.3. The molecule has 112 valence electrons. The summed E-state index contributed by atoms with van der Waals surface area (Å²) in [6.07, 6.45) is 9.01. The van der Waals surface area contributed by atoms with E-state index in [1.807, 2.05) is 12.4 Å². The predicted molar refractivity (Wildman–Crippen MR) is 86.1 cm³/mol. The van der Waals surface area contributed by atoms with E-state index in [1.165, 1.54) is 36.9 Å². The van der Waals surface area contributed by atoms with E-state index in [0.717, 1.165) is 26.2 Å². The molecule has 1 aliphatic rings. The normalized spacial score (nSPS) is 18.9. The van der Waals surface area contributed by atoms with Gasteiger partial charge >= 0.3 is 0 Å². The molecule has 3 heteroatoms. The highest BCUT2D eigenvalue weighted by Crippen LogP contribution is 2.32. The summed E-state index contributed by atoms with van der Waals surface area (Å²) in [7, 11) is 0. The fourth-order valence-electron chi connectivity index (χ4n) is 2.91. The zero-order chi connectivity index (χ0) is 14.4. The Labute approximate surface area is 123 Å². The number of rotatable bonds is 5. The molecule has 0 spiro atoms. The van der Waals surface area contributed by atoms with Crippen LogP contribution in [0.4, 0.5) is 5.69 Å². The highest BCUT2D eigenvalue weighted by Gasteiger charge is 2.24. The first-order chi connectivity index (χ1) is 9.62. The van der Waals surface area contributed by atoms with Gasteiger partial charge in [-0.3, -0.25) is 4.98 Å². The molecule has 0 aromatic carbocycles. The monoisotopic (exact) mass is 275 g/mol. The Morgan fingerprint density at radius 2 is 2.15 bits per heavy atom. The van der Waals surface area contributed by atoms with Crippen LogP contribution in [-0.2, 0) is 6.54 Å². The highest BCUT2D eigenvalue weighted by atomic mass is 15.1. The number of anilines is 1. The van der Waals surface area contributed by atoms with E-state index in [2.05, 4.69) is 42.0 Å². The van der Waals surface area contributed by atoms with Gasteiger partial charge in [0, 0.05) is 25.8 Å². The molecule has 1 aromatic rings. The SMILES string of the molecule is CCCNCc1ccncc1N1CCCC(C)(C)CC1. The number of hydrogen-bond acceptors (Lipinski definition) is 3. The van der Waals surface area contributed by atoms with Crippen molar-refractivity contribution in [2.45, 2.75) is 53.0 Å². The summed E-state index contributed by atoms with van der Waals surface area (Å²) < 4.78 is 0. The molecule has 1 saturated heterocycles. The minimum Gasteiger partial charge on any atom is -0.370 e. The fraction of sp³-hybridized carbons (Fsp3) is 0.706. The van der Waals surface area contributed by atoms with Gasteiger partial charge in [0.15, 0.2) is 0 Å². The van der Waals surface area contributed by atoms with E-state index in [9.17, 15) is 0 Å². The lowest BCUT2D eigenvalue weighted by molar-refractivity contribution is 0.325. The number of hydrogen-bond donors (Lipinski definition) is 1. The van der Waals surface area contributed by atoms with Gasteiger partial charge in [0.05, 0.1) is 11.9 Å². The number of nitrogens with one attached hydrogen (secondary N) is 1. The van der Waals surface area contributed by atoms with Gasteiger partial charge < -0.3 is 10.2 Å². The molecule has 0 amide bonds. The summed E-state index contributed by atoms with van der Waals surface area (Å²) in [5, 5.41) is 3.51. The van der Waals surface area contributed by atoms with E-state index >= 15 is 0 Å². The molecule has 1 fully saturated rings. The maximum absolute atomic E-state index is 4.35. The van der Waals surface area contributed by atoms with E-state index in [4.69, 9.17) is 0 Å². The first kappa shape index (κ1) is 15.3. The average Bonchev–Trinajstić information content (AvgIpc) is 2.61. The molecule has 1 N–H and O–H groups in total. The van der Waals surface area contributed by atoms with Crippen molar-refractivity contribution in [1.82, 2.24) is 10.3 Å². The summed E-state index contributed by atoms with van der Waals surface area (Å²) in [4.78, 5) is 6.88. The smallest absolute Gasteiger partial charge is 0.0598 e. The lowest BCUT2D eigenvalue weighted by Gasteiger charge is -2.26. The highest BCUT2D eigenvalue weighted by molar-refractivity contribution is 5.51. The Hall–Kier alpha value is -1.09. The second-order valence-electron chi connectivity index (χ2n) is 6.69. The maximum atomic E-state index is 4.35. The molecule has 0 atom stereocenters. The third kappa shape index (κ3) is 4.20. The van der Waals surface area contributed by atoms with Crippen LogP contribution in [0.1, 0.15) is 52.0 Å². The Morgan fingerprint density at radius 1 is 1.30 bits per heavy atom. The van der Waals surface area contributed by atoms with Gasteiger partial charge in [-0.1, -0.05) is 20.8 Å². The maximum Gasteiger partial charge on any atom is 0.0598 e. The van der Waals surface area contributed by atoms with Crippen LogP contribution in [0.2, 0.25) is 0 Å². The largest absolute Gasteiger partial charge is 0.370 e. The van der Waals surface area contributed by atoms with Crippen molar-refractivity contribution >= 4 is 5.69 Å². The van der Waals surface area contributed by atoms with E-state index in [1.54, 1.807) is 0 Å². The second-order valence-corrected chi connectivity index (χ2v) is 6.69. The molecule has 0 unspecified atom stereocenters. The van der Waals surface area contributed by atoms with Crippen LogP contribution in [0.3, 0.4) is 0 Å². The average molecular weight is 275 g/mol. The third-order valence-corrected chi connectivity index (χ3v) is 4.31. The predicted octanol–water partition coefficient (Wildman–Crippen LogP) is 3.60. The van der Waals surface area contributed by atoms with Crippen LogP contribution in [0, 0.1) is 5.41 Å². The van der Waals surface area contributed by atoms with E-state index < -0.39 is 0 Å². The molecular weight excluding hydrogens is 246 g/mol. The summed E-state index contributed by atoms with van der Waals surface area (Å²) in [6, 6.07) is 2.16. The van der Waals surface area contributed by atoms with Crippen LogP contribution < -0.4 is 10.2 Å². The molecule has 1 aromatic heterocycles. The van der Waals surface area contributed by atoms with Crippen molar-refractivity contribution in [3.8, 4) is 0 Å². The molecule has 2 rings (SSSR count). The third-order valence-electron chi connectivity index (χ3n) is 4.31. The molecule has 0 aliphatic carbocycles. The molecule has 20 heavy (non-hydrogen) atoms. The molecule has 0 radical (unpaired) electrons. The summed E-state index contributed by atoms with van der Waals surface area (Å²) >= 11 is 0. The first-order valence-corrected chi connectivity index (χ1v) is 8.01. The van der Waals surface area contributed by atoms with E-state index in [-0.39, 0.29) is 0 Å². The van der Waals surface area contributed by atoms with Crippen LogP contribution in [0.5, 0.6) is 0 Å². The Balaban J connectivity index is 2.07. The van der Waals surface area contributed by atoms with Crippen molar-refractivity contribution in [2.24, 2.45) is 5.41 Å². The van der Waals surface area contributed by atoms with Gasteiger partial charge in [-0.25, -0.2) is 0 Å². The van der Waals surface area contributed by atoms with Crippen molar-refractivity contribution in [1.29, 1.82) is 0 Å². The molecule has 0 saturated carbocycles. The molecule has 3 nitrogen and oxygen atoms in total. The van der Waals surface area contributed by atoms with Gasteiger partial charge in [0.25, 0.3) is 0 Å². The molecule has 2 heterocycles. The van der Waals surface area contributed by atoms with Crippen molar-refractivity contribution in [2.75, 3.05) is 24.5 Å². The van der Waals surface area contributed by atoms with Crippen LogP contribution in [0.25, 0.3) is 0 Å². The number of nitrogens with zero attached hydrogens (tertiary/aromatic N) is 2. The molecule has 1 aliphatic heterocycles. The van der Waals surface area contributed by atoms with Crippen molar-refractivity contribution in [3.05, 3.63) is 24.0 Å². The second kappa shape index (κ2) is 7.07. The Kier molecular flexibility index (Phi) is 5.41. The van der Waals surface area contributed by atoms with Gasteiger partial charge in [0.1, 0.15) is 0 Å². The van der Waals surface area contributed by atoms with Gasteiger partial charge in [-0.05, 0) is 49.3 Å². The van der Waals surface area contributed by atoms with Crippen LogP contribution in [0.15, 0.2) is 18.5 Å². The van der Waals surface area contributed by atoms with Crippen LogP contribution in [-0.4, -0.2) is 24.6 Å². The fourth-order valence-corrected chi connectivity index (χ4v) is 2.91. The van der Waals surface area contributed by atoms with Gasteiger partial charge in [-0.2, -0.15) is 0 Å². The molecule has 0 bridgehead atoms. The van der Waals surface area contributed by atoms with Gasteiger partial charge in [0.2, 0.25) is 0 Å². The molecular formula is C17H29N3. The number of pyridine rings is 1. The van der Waals surface area contributed by atoms with Crippen LogP contribution >= 0.6 is 0 Å². The lowest BCUT2D eigenvalue weighted by Crippen LogP contribution is -2.27. The summed E-state index contributed by atoms with van der Waals surface area (Å²) in [6.45, 7) is 11.3. The minimum absolute atomic E-state index is 0.484. The standard InChI is InChI=1S/C17H29N3/c1-4-9-18-13-15-6-10-19-14-16(15)20-11-5-7-17(2,3)8-12-20/h6,10,14,18H,4-5,7-9,11-13H2,1-3H3. The first-order valence-electron chi connectivity index (χ1n) is 8.01. The van der Waals surface area contributed by atoms with Crippen molar-refractivity contribution in [3.63, 3.8) is 0 Å². The Bertz CT molecular complexity index is 414. The summed E-state index contributed by atoms with van der Waals surface area (Å²) in [5.41, 5.74) is 3.19. The minimum atomic E-state index is 0.484. The van der Waals surface area contributed by atoms with Gasteiger partial charge in [-0.15, -0.1) is 0 Å². The zero-order valence-electron chi connectivity index (χ0n) is 13.3. The number of aromatic nitrogens is 1. The lowest BCUT2D eigenvalue weighted by atomic mass is 9.85. The van der Waals surface area contributed by atoms with Crippen molar-refractivity contribution < 1.29 is 0 Å². The topological polar surface area (TPSA) is 28.2 Å². The Morgan fingerprint density at radius 3 is 2.95 bits per heavy atom. The summed E-state index contributed by atoms with van der Waals surface area (Å²) in [5.74, 6) is 0.